The smallest absolute Gasteiger partial charge is 0.217 e. The lowest BCUT2D eigenvalue weighted by atomic mass is 10.2. The lowest BCUT2D eigenvalue weighted by molar-refractivity contribution is -0.353. The van der Waals surface area contributed by atoms with E-state index in [-0.39, 0.29) is 5.91 Å². The third-order valence-electron chi connectivity index (χ3n) is 2.24. The average Bonchev–Trinajstić information content (AvgIpc) is 2.45. The maximum absolute atomic E-state index is 10.8. The fourth-order valence-corrected chi connectivity index (χ4v) is 1.38. The zero-order chi connectivity index (χ0) is 14.7. The van der Waals surface area contributed by atoms with E-state index >= 15 is 0 Å². The van der Waals surface area contributed by atoms with Crippen LogP contribution < -0.4 is 5.32 Å². The molecule has 0 radical (unpaired) electrons. The Morgan fingerprint density at radius 3 is 2.26 bits per heavy atom. The largest absolute Gasteiger partial charge is 0.352 e. The zero-order valence-corrected chi connectivity index (χ0v) is 12.0. The van der Waals surface area contributed by atoms with Crippen molar-refractivity contribution in [3.8, 4) is 0 Å². The molecule has 0 heterocycles. The number of hydrogen-bond donors (Lipinski definition) is 1. The topological polar surface area (TPSA) is 32.1 Å². The van der Waals surface area contributed by atoms with Crippen molar-refractivity contribution in [1.29, 1.82) is 0 Å². The summed E-state index contributed by atoms with van der Waals surface area (Å²) in [6.07, 6.45) is 5.24. The molecule has 0 saturated carbocycles. The van der Waals surface area contributed by atoms with Gasteiger partial charge in [-0.05, 0) is 18.2 Å². The van der Waals surface area contributed by atoms with Crippen molar-refractivity contribution >= 4 is 17.8 Å². The highest BCUT2D eigenvalue weighted by atomic mass is 16.1. The standard InChI is InChI=1S/C14H16N2O.C2H6/c1-4-10-16(5-2)14-8-6-13(7-9-14)11-15-12(3)17;1-2/h4-10H,1-2,11H2,3H3;1-2H3/p+1. The van der Waals surface area contributed by atoms with Gasteiger partial charge in [-0.25, -0.2) is 0 Å². The first kappa shape index (κ1) is 16.8. The number of carbonyl (C=O) groups is 1. The van der Waals surface area contributed by atoms with E-state index in [9.17, 15) is 4.79 Å². The van der Waals surface area contributed by atoms with E-state index in [0.717, 1.165) is 11.3 Å². The van der Waals surface area contributed by atoms with Gasteiger partial charge in [-0.2, -0.15) is 4.58 Å². The molecule has 0 spiro atoms. The number of benzene rings is 1. The summed E-state index contributed by atoms with van der Waals surface area (Å²) in [4.78, 5) is 10.8. The molecule has 0 atom stereocenters. The Morgan fingerprint density at radius 2 is 1.84 bits per heavy atom. The van der Waals surface area contributed by atoms with Crippen LogP contribution in [-0.4, -0.2) is 16.7 Å². The van der Waals surface area contributed by atoms with Gasteiger partial charge in [-0.1, -0.05) is 32.6 Å². The Balaban J connectivity index is 0.00000154. The minimum absolute atomic E-state index is 0.0261. The maximum Gasteiger partial charge on any atom is 0.217 e. The summed E-state index contributed by atoms with van der Waals surface area (Å²) in [7, 11) is 0. The van der Waals surface area contributed by atoms with Crippen molar-refractivity contribution in [2.45, 2.75) is 27.3 Å². The van der Waals surface area contributed by atoms with Gasteiger partial charge in [-0.15, -0.1) is 0 Å². The molecule has 0 aromatic heterocycles. The minimum atomic E-state index is -0.0261. The quantitative estimate of drug-likeness (QED) is 0.638. The molecule has 0 fully saturated rings. The Kier molecular flexibility index (Phi) is 8.71. The van der Waals surface area contributed by atoms with Crippen LogP contribution in [0.1, 0.15) is 26.3 Å². The van der Waals surface area contributed by atoms with E-state index in [4.69, 9.17) is 0 Å². The number of amides is 1. The second-order valence-electron chi connectivity index (χ2n) is 3.55. The minimum Gasteiger partial charge on any atom is -0.352 e. The van der Waals surface area contributed by atoms with Gasteiger partial charge >= 0.3 is 0 Å². The lowest BCUT2D eigenvalue weighted by Crippen LogP contribution is -2.18. The fourth-order valence-electron chi connectivity index (χ4n) is 1.38. The first-order valence-corrected chi connectivity index (χ1v) is 6.37. The third kappa shape index (κ3) is 6.36. The molecule has 1 amide bonds. The summed E-state index contributed by atoms with van der Waals surface area (Å²) < 4.78 is 1.87. The van der Waals surface area contributed by atoms with Crippen molar-refractivity contribution in [2.24, 2.45) is 0 Å². The van der Waals surface area contributed by atoms with Gasteiger partial charge < -0.3 is 5.32 Å². The average molecular weight is 259 g/mol. The Bertz CT molecular complexity index is 444. The molecule has 19 heavy (non-hydrogen) atoms. The Hall–Kier alpha value is -2.16. The van der Waals surface area contributed by atoms with Crippen LogP contribution in [0.25, 0.3) is 0 Å². The van der Waals surface area contributed by atoms with Crippen molar-refractivity contribution in [2.75, 3.05) is 0 Å². The number of allylic oxidation sites excluding steroid dienone is 1. The van der Waals surface area contributed by atoms with E-state index in [0.29, 0.717) is 6.54 Å². The molecule has 0 unspecified atom stereocenters. The lowest BCUT2D eigenvalue weighted by Gasteiger charge is -2.02. The van der Waals surface area contributed by atoms with Crippen molar-refractivity contribution < 1.29 is 9.37 Å². The van der Waals surface area contributed by atoms with Crippen LogP contribution in [0, 0.1) is 0 Å². The first-order valence-electron chi connectivity index (χ1n) is 6.37. The molecule has 1 rings (SSSR count). The molecule has 3 heteroatoms. The first-order chi connectivity index (χ1) is 9.17. The van der Waals surface area contributed by atoms with Crippen LogP contribution in [0.5, 0.6) is 0 Å². The van der Waals surface area contributed by atoms with Gasteiger partial charge in [0, 0.05) is 25.6 Å². The summed E-state index contributed by atoms with van der Waals surface area (Å²) >= 11 is 0. The van der Waals surface area contributed by atoms with Gasteiger partial charge in [0.05, 0.1) is 0 Å². The summed E-state index contributed by atoms with van der Waals surface area (Å²) in [6.45, 7) is 13.4. The molecule has 0 aliphatic heterocycles. The van der Waals surface area contributed by atoms with E-state index in [1.54, 1.807) is 12.3 Å². The Morgan fingerprint density at radius 1 is 1.26 bits per heavy atom. The van der Waals surface area contributed by atoms with Crippen LogP contribution in [0.3, 0.4) is 0 Å². The van der Waals surface area contributed by atoms with Crippen molar-refractivity contribution in [1.82, 2.24) is 5.32 Å². The summed E-state index contributed by atoms with van der Waals surface area (Å²) in [6, 6.07) is 7.88. The van der Waals surface area contributed by atoms with E-state index in [1.165, 1.54) is 6.92 Å². The zero-order valence-electron chi connectivity index (χ0n) is 12.0. The molecule has 102 valence electrons. The monoisotopic (exact) mass is 259 g/mol. The molecule has 3 nitrogen and oxygen atoms in total. The molecule has 1 N–H and O–H groups in total. The van der Waals surface area contributed by atoms with Gasteiger partial charge in [0.25, 0.3) is 0 Å². The molecular formula is C16H23N2O+. The summed E-state index contributed by atoms with van der Waals surface area (Å²) in [5.41, 5.74) is 2.07. The number of rotatable bonds is 5. The highest BCUT2D eigenvalue weighted by Crippen LogP contribution is 2.12. The van der Waals surface area contributed by atoms with E-state index < -0.39 is 0 Å². The van der Waals surface area contributed by atoms with Gasteiger partial charge in [0.1, 0.15) is 0 Å². The van der Waals surface area contributed by atoms with Crippen LogP contribution in [-0.2, 0) is 11.3 Å². The molecule has 0 aliphatic rings. The van der Waals surface area contributed by atoms with Crippen molar-refractivity contribution in [3.63, 3.8) is 0 Å². The number of hydrogen-bond acceptors (Lipinski definition) is 1. The van der Waals surface area contributed by atoms with Crippen LogP contribution in [0.4, 0.5) is 5.69 Å². The van der Waals surface area contributed by atoms with Gasteiger partial charge in [0.15, 0.2) is 12.4 Å². The SMILES string of the molecule is C=CC=[N+](C=C)c1ccc(CNC(C)=O)cc1.CC. The molecular weight excluding hydrogens is 236 g/mol. The number of nitrogens with zero attached hydrogens (tertiary/aromatic N) is 1. The normalized spacial score (nSPS) is 9.95. The molecule has 1 aromatic carbocycles. The predicted octanol–water partition coefficient (Wildman–Crippen LogP) is 3.39. The van der Waals surface area contributed by atoms with Crippen LogP contribution in [0.2, 0.25) is 0 Å². The predicted molar refractivity (Wildman–Crippen MR) is 81.7 cm³/mol. The summed E-state index contributed by atoms with van der Waals surface area (Å²) in [5.74, 6) is -0.0261. The fraction of sp³-hybridized carbons (Fsp3) is 0.250. The Labute approximate surface area is 116 Å². The second-order valence-corrected chi connectivity index (χ2v) is 3.55. The van der Waals surface area contributed by atoms with Gasteiger partial charge in [-0.3, -0.25) is 4.79 Å². The van der Waals surface area contributed by atoms with Crippen LogP contribution >= 0.6 is 0 Å². The molecule has 0 saturated heterocycles. The molecule has 0 aliphatic carbocycles. The third-order valence-corrected chi connectivity index (χ3v) is 2.24. The highest BCUT2D eigenvalue weighted by Gasteiger charge is 2.03. The number of nitrogens with one attached hydrogen (secondary N) is 1. The number of carbonyl (C=O) groups excluding carboxylic acids is 1. The maximum atomic E-state index is 10.8. The van der Waals surface area contributed by atoms with Crippen LogP contribution in [0.15, 0.2) is 49.7 Å². The second kappa shape index (κ2) is 9.83. The van der Waals surface area contributed by atoms with E-state index in [2.05, 4.69) is 18.5 Å². The van der Waals surface area contributed by atoms with Crippen molar-refractivity contribution in [3.05, 3.63) is 55.3 Å². The van der Waals surface area contributed by atoms with Gasteiger partial charge in [0.2, 0.25) is 11.6 Å². The highest BCUT2D eigenvalue weighted by molar-refractivity contribution is 5.72. The molecule has 1 aromatic rings. The summed E-state index contributed by atoms with van der Waals surface area (Å²) in [5, 5.41) is 2.75. The molecule has 0 bridgehead atoms. The van der Waals surface area contributed by atoms with E-state index in [1.807, 2.05) is 48.9 Å².